The third kappa shape index (κ3) is 4.63. The highest BCUT2D eigenvalue weighted by Gasteiger charge is 2.24. The molecule has 3 aromatic rings. The number of benzene rings is 2. The van der Waals surface area contributed by atoms with Gasteiger partial charge in [-0.3, -0.25) is 4.79 Å². The van der Waals surface area contributed by atoms with E-state index in [1.807, 2.05) is 35.2 Å². The van der Waals surface area contributed by atoms with Crippen LogP contribution in [0.2, 0.25) is 5.02 Å². The van der Waals surface area contributed by atoms with Crippen molar-refractivity contribution in [3.8, 4) is 5.75 Å². The number of ether oxygens (including phenoxy) is 1. The second-order valence-corrected chi connectivity index (χ2v) is 9.26. The van der Waals surface area contributed by atoms with Crippen LogP contribution in [0.5, 0.6) is 5.75 Å². The van der Waals surface area contributed by atoms with Crippen molar-refractivity contribution in [1.82, 2.24) is 9.88 Å². The Balaban J connectivity index is 1.33. The van der Waals surface area contributed by atoms with Gasteiger partial charge >= 0.3 is 0 Å². The van der Waals surface area contributed by atoms with E-state index in [-0.39, 0.29) is 5.91 Å². The lowest BCUT2D eigenvalue weighted by atomic mass is 10.3. The SMILES string of the molecule is COc1ccc(Cl)c2sc(N3CCN(C(=O)CCSc4ccccc4)CC3)nc12. The molecule has 5 nitrogen and oxygen atoms in total. The zero-order chi connectivity index (χ0) is 20.2. The minimum Gasteiger partial charge on any atom is -0.494 e. The number of thiazole rings is 1. The number of thioether (sulfide) groups is 1. The fourth-order valence-corrected chi connectivity index (χ4v) is 5.49. The lowest BCUT2D eigenvalue weighted by Crippen LogP contribution is -2.48. The largest absolute Gasteiger partial charge is 0.494 e. The molecule has 0 spiro atoms. The van der Waals surface area contributed by atoms with E-state index >= 15 is 0 Å². The van der Waals surface area contributed by atoms with Gasteiger partial charge in [0.2, 0.25) is 5.91 Å². The summed E-state index contributed by atoms with van der Waals surface area (Å²) < 4.78 is 6.36. The van der Waals surface area contributed by atoms with Gasteiger partial charge in [0, 0.05) is 43.2 Å². The number of fused-ring (bicyclic) bond motifs is 1. The number of carbonyl (C=O) groups excluding carboxylic acids is 1. The van der Waals surface area contributed by atoms with Crippen LogP contribution in [-0.4, -0.2) is 54.8 Å². The van der Waals surface area contributed by atoms with E-state index in [2.05, 4.69) is 17.0 Å². The molecule has 0 saturated carbocycles. The van der Waals surface area contributed by atoms with Gasteiger partial charge in [0.25, 0.3) is 0 Å². The average molecular weight is 448 g/mol. The smallest absolute Gasteiger partial charge is 0.223 e. The Morgan fingerprint density at radius 1 is 1.17 bits per heavy atom. The number of methoxy groups -OCH3 is 1. The van der Waals surface area contributed by atoms with Gasteiger partial charge in [0.15, 0.2) is 5.13 Å². The molecule has 29 heavy (non-hydrogen) atoms. The average Bonchev–Trinajstić information content (AvgIpc) is 3.21. The summed E-state index contributed by atoms with van der Waals surface area (Å²) in [5.41, 5.74) is 0.802. The topological polar surface area (TPSA) is 45.7 Å². The summed E-state index contributed by atoms with van der Waals surface area (Å²) in [7, 11) is 1.64. The Morgan fingerprint density at radius 3 is 2.66 bits per heavy atom. The van der Waals surface area contributed by atoms with Gasteiger partial charge in [-0.05, 0) is 24.3 Å². The molecule has 0 atom stereocenters. The van der Waals surface area contributed by atoms with Crippen LogP contribution in [0.1, 0.15) is 6.42 Å². The summed E-state index contributed by atoms with van der Waals surface area (Å²) in [5, 5.41) is 1.62. The first-order valence-electron chi connectivity index (χ1n) is 9.49. The van der Waals surface area contributed by atoms with E-state index in [9.17, 15) is 4.79 Å². The molecule has 152 valence electrons. The highest BCUT2D eigenvalue weighted by atomic mass is 35.5. The number of carbonyl (C=O) groups is 1. The normalized spacial score (nSPS) is 14.4. The molecule has 1 fully saturated rings. The molecule has 0 radical (unpaired) electrons. The number of hydrogen-bond acceptors (Lipinski definition) is 6. The fourth-order valence-electron chi connectivity index (χ4n) is 3.32. The zero-order valence-electron chi connectivity index (χ0n) is 16.1. The van der Waals surface area contributed by atoms with Gasteiger partial charge in [-0.15, -0.1) is 11.8 Å². The van der Waals surface area contributed by atoms with Crippen molar-refractivity contribution in [2.24, 2.45) is 0 Å². The van der Waals surface area contributed by atoms with Crippen molar-refractivity contribution in [3.05, 3.63) is 47.5 Å². The molecule has 1 aliphatic heterocycles. The highest BCUT2D eigenvalue weighted by molar-refractivity contribution is 7.99. The predicted octanol–water partition coefficient (Wildman–Crippen LogP) is 4.79. The Bertz CT molecular complexity index is 988. The summed E-state index contributed by atoms with van der Waals surface area (Å²) in [4.78, 5) is 22.7. The van der Waals surface area contributed by atoms with E-state index in [1.54, 1.807) is 30.2 Å². The fraction of sp³-hybridized carbons (Fsp3) is 0.333. The molecule has 1 aliphatic rings. The van der Waals surface area contributed by atoms with E-state index in [0.717, 1.165) is 53.0 Å². The molecule has 1 saturated heterocycles. The van der Waals surface area contributed by atoms with Gasteiger partial charge < -0.3 is 14.5 Å². The molecular formula is C21H22ClN3O2S2. The minimum absolute atomic E-state index is 0.224. The Kier molecular flexibility index (Phi) is 6.47. The first kappa shape index (κ1) is 20.3. The van der Waals surface area contributed by atoms with Gasteiger partial charge in [-0.25, -0.2) is 4.98 Å². The molecule has 1 aromatic heterocycles. The number of nitrogens with zero attached hydrogens (tertiary/aromatic N) is 3. The summed E-state index contributed by atoms with van der Waals surface area (Å²) in [6.45, 7) is 2.99. The third-order valence-electron chi connectivity index (χ3n) is 4.90. The van der Waals surface area contributed by atoms with Crippen LogP contribution in [0.15, 0.2) is 47.4 Å². The van der Waals surface area contributed by atoms with E-state index in [0.29, 0.717) is 11.4 Å². The van der Waals surface area contributed by atoms with Crippen LogP contribution in [0.25, 0.3) is 10.2 Å². The Hall–Kier alpha value is -1.96. The molecule has 2 heterocycles. The molecule has 0 N–H and O–H groups in total. The molecule has 0 unspecified atom stereocenters. The van der Waals surface area contributed by atoms with Gasteiger partial charge in [-0.1, -0.05) is 41.1 Å². The molecule has 0 bridgehead atoms. The maximum Gasteiger partial charge on any atom is 0.223 e. The number of amides is 1. The van der Waals surface area contributed by atoms with Crippen molar-refractivity contribution < 1.29 is 9.53 Å². The molecule has 1 amide bonds. The summed E-state index contributed by atoms with van der Waals surface area (Å²) in [6, 6.07) is 13.9. The molecule has 8 heteroatoms. The zero-order valence-corrected chi connectivity index (χ0v) is 18.5. The van der Waals surface area contributed by atoms with Gasteiger partial charge in [0.05, 0.1) is 16.8 Å². The first-order chi connectivity index (χ1) is 14.2. The Labute approximate surface area is 183 Å². The highest BCUT2D eigenvalue weighted by Crippen LogP contribution is 2.38. The number of anilines is 1. The van der Waals surface area contributed by atoms with Crippen LogP contribution in [0, 0.1) is 0 Å². The number of rotatable bonds is 6. The molecular weight excluding hydrogens is 426 g/mol. The monoisotopic (exact) mass is 447 g/mol. The maximum absolute atomic E-state index is 12.5. The summed E-state index contributed by atoms with van der Waals surface area (Å²) in [6.07, 6.45) is 0.563. The number of hydrogen-bond donors (Lipinski definition) is 0. The molecule has 4 rings (SSSR count). The minimum atomic E-state index is 0.224. The first-order valence-corrected chi connectivity index (χ1v) is 11.7. The van der Waals surface area contributed by atoms with Crippen LogP contribution in [0.3, 0.4) is 0 Å². The van der Waals surface area contributed by atoms with E-state index in [1.165, 1.54) is 4.90 Å². The lowest BCUT2D eigenvalue weighted by molar-refractivity contribution is -0.131. The van der Waals surface area contributed by atoms with Crippen LogP contribution in [-0.2, 0) is 4.79 Å². The van der Waals surface area contributed by atoms with Crippen LogP contribution in [0.4, 0.5) is 5.13 Å². The lowest BCUT2D eigenvalue weighted by Gasteiger charge is -2.34. The number of piperazine rings is 1. The summed E-state index contributed by atoms with van der Waals surface area (Å²) >= 11 is 9.64. The third-order valence-corrected chi connectivity index (χ3v) is 7.49. The quantitative estimate of drug-likeness (QED) is 0.508. The molecule has 0 aliphatic carbocycles. The van der Waals surface area contributed by atoms with Crippen molar-refractivity contribution >= 4 is 56.0 Å². The van der Waals surface area contributed by atoms with Crippen LogP contribution < -0.4 is 9.64 Å². The van der Waals surface area contributed by atoms with Crippen molar-refractivity contribution in [3.63, 3.8) is 0 Å². The maximum atomic E-state index is 12.5. The predicted molar refractivity (Wildman–Crippen MR) is 122 cm³/mol. The van der Waals surface area contributed by atoms with Crippen LogP contribution >= 0.6 is 34.7 Å². The number of aromatic nitrogens is 1. The van der Waals surface area contributed by atoms with Crippen molar-refractivity contribution in [2.75, 3.05) is 43.9 Å². The second-order valence-electron chi connectivity index (χ2n) is 6.70. The standard InChI is InChI=1S/C21H22ClN3O2S2/c1-27-17-8-7-16(22)20-19(17)23-21(29-20)25-12-10-24(11-13-25)18(26)9-14-28-15-5-3-2-4-6-15/h2-8H,9-14H2,1H3. The van der Waals surface area contributed by atoms with Crippen molar-refractivity contribution in [1.29, 1.82) is 0 Å². The molecule has 2 aromatic carbocycles. The second kappa shape index (κ2) is 9.24. The van der Waals surface area contributed by atoms with E-state index < -0.39 is 0 Å². The van der Waals surface area contributed by atoms with Gasteiger partial charge in [-0.2, -0.15) is 0 Å². The van der Waals surface area contributed by atoms with Gasteiger partial charge in [0.1, 0.15) is 11.3 Å². The Morgan fingerprint density at radius 2 is 1.93 bits per heavy atom. The number of halogens is 1. The summed E-state index contributed by atoms with van der Waals surface area (Å²) in [5.74, 6) is 1.76. The van der Waals surface area contributed by atoms with Crippen molar-refractivity contribution in [2.45, 2.75) is 11.3 Å². The van der Waals surface area contributed by atoms with E-state index in [4.69, 9.17) is 21.3 Å².